The van der Waals surface area contributed by atoms with Crippen molar-refractivity contribution in [3.8, 4) is 11.3 Å². The van der Waals surface area contributed by atoms with Crippen molar-refractivity contribution in [1.29, 1.82) is 0 Å². The summed E-state index contributed by atoms with van der Waals surface area (Å²) in [6.07, 6.45) is 4.03. The van der Waals surface area contributed by atoms with E-state index in [-0.39, 0.29) is 0 Å². The first-order valence-electron chi connectivity index (χ1n) is 8.60. The molecule has 4 rings (SSSR count). The molecule has 1 heterocycles. The van der Waals surface area contributed by atoms with Crippen molar-refractivity contribution in [3.63, 3.8) is 0 Å². The fourth-order valence-electron chi connectivity index (χ4n) is 3.86. The van der Waals surface area contributed by atoms with Crippen LogP contribution < -0.4 is 0 Å². The van der Waals surface area contributed by atoms with E-state index in [9.17, 15) is 0 Å². The van der Waals surface area contributed by atoms with Crippen LogP contribution in [0, 0.1) is 0 Å². The third-order valence-corrected chi connectivity index (χ3v) is 5.22. The van der Waals surface area contributed by atoms with Crippen LogP contribution in [0.15, 0.2) is 71.3 Å². The lowest BCUT2D eigenvalue weighted by molar-refractivity contribution is 0.258. The molecule has 0 amide bonds. The summed E-state index contributed by atoms with van der Waals surface area (Å²) in [6, 6.07) is 22.3. The minimum Gasteiger partial charge on any atom is -0.464 e. The van der Waals surface area contributed by atoms with E-state index in [4.69, 9.17) is 4.42 Å². The van der Waals surface area contributed by atoms with Gasteiger partial charge in [0, 0.05) is 17.5 Å². The van der Waals surface area contributed by atoms with Crippen LogP contribution >= 0.6 is 0 Å². The van der Waals surface area contributed by atoms with Gasteiger partial charge in [0.1, 0.15) is 5.76 Å². The number of fused-ring (bicyclic) bond motifs is 1. The maximum atomic E-state index is 5.58. The first-order chi connectivity index (χ1) is 11.7. The van der Waals surface area contributed by atoms with Crippen LogP contribution in [0.2, 0.25) is 0 Å². The molecular weight excluding hydrogens is 294 g/mol. The van der Waals surface area contributed by atoms with Crippen molar-refractivity contribution in [2.24, 2.45) is 0 Å². The third kappa shape index (κ3) is 2.78. The largest absolute Gasteiger partial charge is 0.464 e. The van der Waals surface area contributed by atoms with Crippen LogP contribution in [0.3, 0.4) is 0 Å². The highest BCUT2D eigenvalue weighted by Crippen LogP contribution is 2.39. The molecule has 1 aromatic heterocycles. The number of furan rings is 1. The Morgan fingerprint density at radius 3 is 2.62 bits per heavy atom. The van der Waals surface area contributed by atoms with Gasteiger partial charge in [-0.25, -0.2) is 0 Å². The van der Waals surface area contributed by atoms with Gasteiger partial charge in [-0.1, -0.05) is 42.5 Å². The van der Waals surface area contributed by atoms with E-state index in [1.54, 1.807) is 6.26 Å². The van der Waals surface area contributed by atoms with Crippen LogP contribution in [0.5, 0.6) is 0 Å². The average Bonchev–Trinajstić information content (AvgIpc) is 3.15. The molecule has 3 aromatic rings. The summed E-state index contributed by atoms with van der Waals surface area (Å²) in [5.74, 6) is 1.38. The van der Waals surface area contributed by atoms with E-state index in [0.29, 0.717) is 12.0 Å². The lowest BCUT2D eigenvalue weighted by atomic mass is 9.76. The van der Waals surface area contributed by atoms with Crippen LogP contribution in [-0.4, -0.2) is 25.0 Å². The van der Waals surface area contributed by atoms with Crippen LogP contribution in [0.4, 0.5) is 0 Å². The quantitative estimate of drug-likeness (QED) is 0.679. The molecule has 0 aliphatic heterocycles. The zero-order valence-electron chi connectivity index (χ0n) is 14.3. The summed E-state index contributed by atoms with van der Waals surface area (Å²) < 4.78 is 5.58. The van der Waals surface area contributed by atoms with Crippen molar-refractivity contribution in [3.05, 3.63) is 83.6 Å². The van der Waals surface area contributed by atoms with Crippen molar-refractivity contribution >= 4 is 0 Å². The van der Waals surface area contributed by atoms with E-state index in [1.165, 1.54) is 16.7 Å². The Morgan fingerprint density at radius 2 is 1.83 bits per heavy atom. The molecule has 2 atom stereocenters. The van der Waals surface area contributed by atoms with E-state index < -0.39 is 0 Å². The number of nitrogens with zero attached hydrogens (tertiary/aromatic N) is 1. The molecule has 1 aliphatic carbocycles. The Labute approximate surface area is 143 Å². The highest BCUT2D eigenvalue weighted by atomic mass is 16.3. The molecule has 24 heavy (non-hydrogen) atoms. The van der Waals surface area contributed by atoms with E-state index in [0.717, 1.165) is 24.2 Å². The molecule has 122 valence electrons. The second-order valence-corrected chi connectivity index (χ2v) is 6.91. The minimum atomic E-state index is 0.442. The monoisotopic (exact) mass is 317 g/mol. The summed E-state index contributed by atoms with van der Waals surface area (Å²) in [5, 5.41) is 0. The fraction of sp³-hybridized carbons (Fsp3) is 0.273. The highest BCUT2D eigenvalue weighted by molar-refractivity contribution is 5.59. The Bertz CT molecular complexity index is 820. The van der Waals surface area contributed by atoms with E-state index in [1.807, 2.05) is 12.1 Å². The second kappa shape index (κ2) is 6.29. The normalized spacial score (nSPS) is 20.1. The number of hydrogen-bond donors (Lipinski definition) is 0. The lowest BCUT2D eigenvalue weighted by Gasteiger charge is -2.35. The van der Waals surface area contributed by atoms with Crippen molar-refractivity contribution in [2.45, 2.75) is 24.8 Å². The summed E-state index contributed by atoms with van der Waals surface area (Å²) >= 11 is 0. The molecule has 0 spiro atoms. The van der Waals surface area contributed by atoms with Gasteiger partial charge in [0.05, 0.1) is 6.26 Å². The maximum absolute atomic E-state index is 5.58. The maximum Gasteiger partial charge on any atom is 0.133 e. The smallest absolute Gasteiger partial charge is 0.133 e. The number of likely N-dealkylation sites (N-methyl/N-ethyl adjacent to an activating group) is 1. The van der Waals surface area contributed by atoms with Crippen LogP contribution in [-0.2, 0) is 6.42 Å². The number of benzene rings is 2. The zero-order chi connectivity index (χ0) is 16.5. The molecule has 2 heteroatoms. The molecular formula is C22H23NO. The fourth-order valence-corrected chi connectivity index (χ4v) is 3.86. The van der Waals surface area contributed by atoms with Gasteiger partial charge in [-0.15, -0.1) is 0 Å². The van der Waals surface area contributed by atoms with E-state index in [2.05, 4.69) is 67.5 Å². The lowest BCUT2D eigenvalue weighted by Crippen LogP contribution is -2.35. The second-order valence-electron chi connectivity index (χ2n) is 6.91. The van der Waals surface area contributed by atoms with Gasteiger partial charge in [-0.3, -0.25) is 0 Å². The molecule has 0 radical (unpaired) electrons. The molecule has 0 saturated carbocycles. The van der Waals surface area contributed by atoms with Gasteiger partial charge in [-0.2, -0.15) is 0 Å². The summed E-state index contributed by atoms with van der Waals surface area (Å²) in [6.45, 7) is 0. The predicted octanol–water partition coefficient (Wildman–Crippen LogP) is 4.95. The van der Waals surface area contributed by atoms with Gasteiger partial charge in [0.15, 0.2) is 0 Å². The molecule has 0 N–H and O–H groups in total. The standard InChI is InChI=1S/C22H23NO/c1-23(2)19-14-17-7-3-4-10-20(17)21(15-19)16-8-5-9-18(13-16)22-11-6-12-24-22/h3-13,19,21H,14-15H2,1-2H3/t19-,21+/m0/s1. The average molecular weight is 317 g/mol. The van der Waals surface area contributed by atoms with Crippen LogP contribution in [0.25, 0.3) is 11.3 Å². The number of rotatable bonds is 3. The molecule has 1 aliphatic rings. The van der Waals surface area contributed by atoms with Crippen molar-refractivity contribution in [2.75, 3.05) is 14.1 Å². The molecule has 0 saturated heterocycles. The topological polar surface area (TPSA) is 16.4 Å². The van der Waals surface area contributed by atoms with Gasteiger partial charge < -0.3 is 9.32 Å². The Balaban J connectivity index is 1.76. The Morgan fingerprint density at radius 1 is 0.958 bits per heavy atom. The zero-order valence-corrected chi connectivity index (χ0v) is 14.3. The molecule has 2 aromatic carbocycles. The summed E-state index contributed by atoms with van der Waals surface area (Å²) in [5.41, 5.74) is 5.49. The number of hydrogen-bond acceptors (Lipinski definition) is 2. The van der Waals surface area contributed by atoms with Gasteiger partial charge in [0.25, 0.3) is 0 Å². The third-order valence-electron chi connectivity index (χ3n) is 5.22. The summed E-state index contributed by atoms with van der Waals surface area (Å²) in [7, 11) is 4.38. The SMILES string of the molecule is CN(C)[C@H]1Cc2ccccc2[C@@H](c2cccc(-c3ccco3)c2)C1. The van der Waals surface area contributed by atoms with E-state index >= 15 is 0 Å². The van der Waals surface area contributed by atoms with Crippen molar-refractivity contribution in [1.82, 2.24) is 4.90 Å². The Hall–Kier alpha value is -2.32. The Kier molecular flexibility index (Phi) is 3.99. The molecule has 0 bridgehead atoms. The first-order valence-corrected chi connectivity index (χ1v) is 8.60. The molecule has 0 unspecified atom stereocenters. The summed E-state index contributed by atoms with van der Waals surface area (Å²) in [4.78, 5) is 2.36. The van der Waals surface area contributed by atoms with Gasteiger partial charge in [0.2, 0.25) is 0 Å². The first kappa shape index (κ1) is 15.2. The molecule has 0 fully saturated rings. The minimum absolute atomic E-state index is 0.442. The van der Waals surface area contributed by atoms with Crippen LogP contribution in [0.1, 0.15) is 29.0 Å². The van der Waals surface area contributed by atoms with Gasteiger partial charge in [-0.05, 0) is 61.8 Å². The van der Waals surface area contributed by atoms with Crippen molar-refractivity contribution < 1.29 is 4.42 Å². The molecule has 2 nitrogen and oxygen atoms in total. The highest BCUT2D eigenvalue weighted by Gasteiger charge is 2.29. The van der Waals surface area contributed by atoms with Gasteiger partial charge >= 0.3 is 0 Å². The predicted molar refractivity (Wildman–Crippen MR) is 98.2 cm³/mol.